The zero-order chi connectivity index (χ0) is 31.2. The molecule has 4 N–H and O–H groups in total. The number of ether oxygens (including phenoxy) is 5. The van der Waals surface area contributed by atoms with Crippen LogP contribution in [0.2, 0.25) is 0 Å². The summed E-state index contributed by atoms with van der Waals surface area (Å²) in [6, 6.07) is 0. The fraction of sp³-hybridized carbons (Fsp3) is 0.885. The number of aliphatic hydroxyl groups excluding tert-OH is 4. The van der Waals surface area contributed by atoms with Crippen molar-refractivity contribution in [2.24, 2.45) is 0 Å². The average molecular weight is 609 g/mol. The van der Waals surface area contributed by atoms with Crippen molar-refractivity contribution in [3.8, 4) is 0 Å². The fourth-order valence-corrected chi connectivity index (χ4v) is 4.79. The largest absolute Gasteiger partial charge is 0.468 e. The van der Waals surface area contributed by atoms with Crippen LogP contribution in [-0.2, 0) is 38.1 Å². The number of aliphatic hydroxyl groups is 4. The molecule has 0 aliphatic carbocycles. The van der Waals surface area contributed by atoms with E-state index in [0.29, 0.717) is 58.9 Å². The van der Waals surface area contributed by atoms with E-state index in [1.165, 1.54) is 21.3 Å². The summed E-state index contributed by atoms with van der Waals surface area (Å²) in [6.07, 6.45) is -7.42. The molecular formula is C26H48N4O12. The van der Waals surface area contributed by atoms with Gasteiger partial charge in [0.25, 0.3) is 0 Å². The minimum atomic E-state index is -1.55. The van der Waals surface area contributed by atoms with E-state index in [9.17, 15) is 34.8 Å². The van der Waals surface area contributed by atoms with Gasteiger partial charge in [-0.05, 0) is 6.92 Å². The van der Waals surface area contributed by atoms with Gasteiger partial charge >= 0.3 is 17.9 Å². The van der Waals surface area contributed by atoms with Crippen molar-refractivity contribution < 1.29 is 58.5 Å². The molecule has 2 saturated heterocycles. The van der Waals surface area contributed by atoms with Gasteiger partial charge in [0.1, 0.15) is 24.4 Å². The highest BCUT2D eigenvalue weighted by molar-refractivity contribution is 5.72. The smallest absolute Gasteiger partial charge is 0.319 e. The summed E-state index contributed by atoms with van der Waals surface area (Å²) in [6.45, 7) is 5.57. The van der Waals surface area contributed by atoms with E-state index in [1.807, 2.05) is 14.7 Å². The van der Waals surface area contributed by atoms with Crippen molar-refractivity contribution in [2.45, 2.75) is 43.7 Å². The molecule has 2 rings (SSSR count). The molecule has 0 aromatic heterocycles. The Bertz CT molecular complexity index is 803. The van der Waals surface area contributed by atoms with Gasteiger partial charge in [-0.3, -0.25) is 34.0 Å². The lowest BCUT2D eigenvalue weighted by molar-refractivity contribution is -0.310. The van der Waals surface area contributed by atoms with E-state index < -0.39 is 55.4 Å². The standard InChI is InChI=1S/C26H48N4O12/c1-18(41-26-25(37)24(36)23(35)19(17-31)42-26)13-27-5-7-28(14-20(32)38-2)9-11-30(16-22(34)40-4)12-10-29(8-6-27)15-21(33)39-3/h18-19,23-26,31,35-37H,5-17H2,1-4H3/t18-,19+,23-,24-,25+,26+/m0/s1. The maximum absolute atomic E-state index is 12.1. The van der Waals surface area contributed by atoms with Gasteiger partial charge in [-0.1, -0.05) is 0 Å². The Labute approximate surface area is 246 Å². The molecule has 6 atom stereocenters. The summed E-state index contributed by atoms with van der Waals surface area (Å²) in [7, 11) is 3.97. The van der Waals surface area contributed by atoms with E-state index in [1.54, 1.807) is 6.92 Å². The van der Waals surface area contributed by atoms with Gasteiger partial charge in [0.2, 0.25) is 0 Å². The van der Waals surface area contributed by atoms with Crippen LogP contribution in [0.5, 0.6) is 0 Å². The van der Waals surface area contributed by atoms with Crippen molar-refractivity contribution in [1.82, 2.24) is 19.6 Å². The molecule has 42 heavy (non-hydrogen) atoms. The third-order valence-corrected chi connectivity index (χ3v) is 7.40. The molecule has 0 saturated carbocycles. The molecule has 2 heterocycles. The summed E-state index contributed by atoms with van der Waals surface area (Å²) in [5.74, 6) is -1.17. The Hall–Kier alpha value is -1.99. The van der Waals surface area contributed by atoms with Gasteiger partial charge in [-0.25, -0.2) is 0 Å². The molecule has 16 heteroatoms. The van der Waals surface area contributed by atoms with Crippen molar-refractivity contribution in [2.75, 3.05) is 106 Å². The zero-order valence-corrected chi connectivity index (χ0v) is 25.0. The fourth-order valence-electron chi connectivity index (χ4n) is 4.79. The third kappa shape index (κ3) is 11.9. The zero-order valence-electron chi connectivity index (χ0n) is 25.0. The van der Waals surface area contributed by atoms with Crippen LogP contribution in [0.1, 0.15) is 6.92 Å². The molecule has 0 unspecified atom stereocenters. The van der Waals surface area contributed by atoms with Gasteiger partial charge in [-0.15, -0.1) is 0 Å². The molecule has 0 aromatic rings. The normalized spacial score (nSPS) is 28.7. The minimum Gasteiger partial charge on any atom is -0.468 e. The van der Waals surface area contributed by atoms with Crippen LogP contribution in [0, 0.1) is 0 Å². The first-order chi connectivity index (χ1) is 20.0. The number of nitrogens with zero attached hydrogens (tertiary/aromatic N) is 4. The quantitative estimate of drug-likeness (QED) is 0.131. The highest BCUT2D eigenvalue weighted by Gasteiger charge is 2.44. The number of hydrogen-bond donors (Lipinski definition) is 4. The Morgan fingerprint density at radius 2 is 1.07 bits per heavy atom. The SMILES string of the molecule is COC(=O)CN1CCN(CC(=O)OC)CCN(C[C@H](C)O[C@@H]2O[C@H](CO)[C@H](O)[C@H](O)[C@H]2O)CCN(CC(=O)OC)CC1. The third-order valence-electron chi connectivity index (χ3n) is 7.40. The molecule has 0 aromatic carbocycles. The molecule has 0 radical (unpaired) electrons. The summed E-state index contributed by atoms with van der Waals surface area (Å²) < 4.78 is 26.0. The number of hydrogen-bond acceptors (Lipinski definition) is 16. The highest BCUT2D eigenvalue weighted by Crippen LogP contribution is 2.23. The molecule has 244 valence electrons. The minimum absolute atomic E-state index is 0.0573. The van der Waals surface area contributed by atoms with Crippen molar-refractivity contribution in [3.05, 3.63) is 0 Å². The molecule has 16 nitrogen and oxygen atoms in total. The first-order valence-electron chi connectivity index (χ1n) is 14.1. The van der Waals surface area contributed by atoms with Crippen LogP contribution >= 0.6 is 0 Å². The van der Waals surface area contributed by atoms with Crippen molar-refractivity contribution in [1.29, 1.82) is 0 Å². The molecule has 0 spiro atoms. The Morgan fingerprint density at radius 1 is 0.690 bits per heavy atom. The van der Waals surface area contributed by atoms with E-state index in [0.717, 1.165) is 0 Å². The molecular weight excluding hydrogens is 560 g/mol. The lowest BCUT2D eigenvalue weighted by Crippen LogP contribution is -2.60. The second kappa shape index (κ2) is 18.6. The Morgan fingerprint density at radius 3 is 1.43 bits per heavy atom. The lowest BCUT2D eigenvalue weighted by Gasteiger charge is -2.41. The number of carbonyl (C=O) groups excluding carboxylic acids is 3. The van der Waals surface area contributed by atoms with Crippen LogP contribution in [0.3, 0.4) is 0 Å². The second-order valence-electron chi connectivity index (χ2n) is 10.5. The van der Waals surface area contributed by atoms with Crippen molar-refractivity contribution >= 4 is 17.9 Å². The van der Waals surface area contributed by atoms with Crippen LogP contribution in [0.4, 0.5) is 0 Å². The summed E-state index contributed by atoms with van der Waals surface area (Å²) in [5.41, 5.74) is 0. The summed E-state index contributed by atoms with van der Waals surface area (Å²) >= 11 is 0. The average Bonchev–Trinajstić information content (AvgIpc) is 2.97. The topological polar surface area (TPSA) is 191 Å². The predicted octanol–water partition coefficient (Wildman–Crippen LogP) is -4.07. The Balaban J connectivity index is 2.16. The summed E-state index contributed by atoms with van der Waals surface area (Å²) in [5, 5.41) is 40.0. The van der Waals surface area contributed by atoms with Gasteiger partial charge in [0.05, 0.1) is 53.7 Å². The molecule has 2 aliphatic heterocycles. The molecule has 0 bridgehead atoms. The molecule has 2 aliphatic rings. The van der Waals surface area contributed by atoms with Crippen LogP contribution in [0.25, 0.3) is 0 Å². The second-order valence-corrected chi connectivity index (χ2v) is 10.5. The van der Waals surface area contributed by atoms with Crippen LogP contribution < -0.4 is 0 Å². The highest BCUT2D eigenvalue weighted by atomic mass is 16.7. The number of methoxy groups -OCH3 is 3. The van der Waals surface area contributed by atoms with Crippen LogP contribution in [-0.4, -0.2) is 201 Å². The lowest BCUT2D eigenvalue weighted by atomic mass is 9.99. The molecule has 2 fully saturated rings. The first kappa shape index (κ1) is 36.2. The first-order valence-corrected chi connectivity index (χ1v) is 14.1. The number of rotatable bonds is 11. The van der Waals surface area contributed by atoms with Gasteiger partial charge < -0.3 is 44.1 Å². The summed E-state index contributed by atoms with van der Waals surface area (Å²) in [4.78, 5) is 44.1. The van der Waals surface area contributed by atoms with Gasteiger partial charge in [0.15, 0.2) is 6.29 Å². The Kier molecular flexibility index (Phi) is 16.1. The number of esters is 3. The van der Waals surface area contributed by atoms with Crippen LogP contribution in [0.15, 0.2) is 0 Å². The van der Waals surface area contributed by atoms with Gasteiger partial charge in [-0.2, -0.15) is 0 Å². The van der Waals surface area contributed by atoms with E-state index in [4.69, 9.17) is 23.7 Å². The van der Waals surface area contributed by atoms with Gasteiger partial charge in [0, 0.05) is 58.9 Å². The van der Waals surface area contributed by atoms with Crippen molar-refractivity contribution in [3.63, 3.8) is 0 Å². The number of carbonyl (C=O) groups is 3. The maximum Gasteiger partial charge on any atom is 0.319 e. The van der Waals surface area contributed by atoms with E-state index in [2.05, 4.69) is 4.90 Å². The van der Waals surface area contributed by atoms with E-state index in [-0.39, 0.29) is 25.6 Å². The maximum atomic E-state index is 12.1. The van der Waals surface area contributed by atoms with E-state index >= 15 is 0 Å². The monoisotopic (exact) mass is 608 g/mol. The predicted molar refractivity (Wildman–Crippen MR) is 146 cm³/mol. The molecule has 0 amide bonds.